The summed E-state index contributed by atoms with van der Waals surface area (Å²) in [6.07, 6.45) is 0.222. The molecular weight excluding hydrogens is 274 g/mol. The van der Waals surface area contributed by atoms with Gasteiger partial charge in [0, 0.05) is 0 Å². The lowest BCUT2D eigenvalue weighted by molar-refractivity contribution is -0.121. The molecule has 20 heavy (non-hydrogen) atoms. The minimum atomic E-state index is -1.06. The van der Waals surface area contributed by atoms with E-state index in [9.17, 15) is 15.0 Å². The summed E-state index contributed by atoms with van der Waals surface area (Å²) < 4.78 is 0. The van der Waals surface area contributed by atoms with Crippen LogP contribution in [0.2, 0.25) is 0 Å². The van der Waals surface area contributed by atoms with Gasteiger partial charge in [-0.25, -0.2) is 0 Å². The van der Waals surface area contributed by atoms with E-state index in [0.717, 1.165) is 11.1 Å². The Morgan fingerprint density at radius 1 is 1.30 bits per heavy atom. The summed E-state index contributed by atoms with van der Waals surface area (Å²) in [5, 5.41) is 25.9. The second-order valence-corrected chi connectivity index (χ2v) is 5.69. The molecule has 0 radical (unpaired) electrons. The van der Waals surface area contributed by atoms with Gasteiger partial charge >= 0.3 is 0 Å². The highest BCUT2D eigenvalue weighted by atomic mass is 32.1. The molecule has 0 aliphatic carbocycles. The van der Waals surface area contributed by atoms with Gasteiger partial charge in [0.05, 0.1) is 13.0 Å². The molecule has 1 heterocycles. The molecule has 4 nitrogen and oxygen atoms in total. The first-order valence-corrected chi connectivity index (χ1v) is 7.21. The van der Waals surface area contributed by atoms with Crippen LogP contribution in [0.4, 0.5) is 0 Å². The van der Waals surface area contributed by atoms with Crippen LogP contribution in [0, 0.1) is 0 Å². The Morgan fingerprint density at radius 3 is 2.60 bits per heavy atom. The number of carbonyl (C=O) groups excluding carboxylic acids is 1. The van der Waals surface area contributed by atoms with Crippen LogP contribution < -0.4 is 5.32 Å². The quantitative estimate of drug-likeness (QED) is 0.789. The number of aliphatic hydroxyl groups is 1. The van der Waals surface area contributed by atoms with Gasteiger partial charge in [-0.1, -0.05) is 12.1 Å². The summed E-state index contributed by atoms with van der Waals surface area (Å²) in [6.45, 7) is 1.84. The molecule has 2 rings (SSSR count). The van der Waals surface area contributed by atoms with E-state index >= 15 is 0 Å². The average Bonchev–Trinajstić information content (AvgIpc) is 2.94. The van der Waals surface area contributed by atoms with E-state index in [1.807, 2.05) is 16.8 Å². The van der Waals surface area contributed by atoms with Crippen molar-refractivity contribution in [1.29, 1.82) is 0 Å². The molecule has 1 unspecified atom stereocenters. The highest BCUT2D eigenvalue weighted by molar-refractivity contribution is 7.08. The molecule has 0 aliphatic heterocycles. The SMILES string of the molecule is CC(O)(CNC(=O)Cc1ccc(O)cc1)c1ccsc1. The van der Waals surface area contributed by atoms with E-state index in [4.69, 9.17) is 0 Å². The normalized spacial score (nSPS) is 13.7. The molecule has 1 aromatic heterocycles. The maximum absolute atomic E-state index is 11.8. The molecule has 0 saturated heterocycles. The van der Waals surface area contributed by atoms with Gasteiger partial charge in [0.15, 0.2) is 0 Å². The highest BCUT2D eigenvalue weighted by Gasteiger charge is 2.24. The van der Waals surface area contributed by atoms with Crippen LogP contribution in [0.15, 0.2) is 41.1 Å². The summed E-state index contributed by atoms with van der Waals surface area (Å²) in [6, 6.07) is 8.34. The number of rotatable bonds is 5. The monoisotopic (exact) mass is 291 g/mol. The number of thiophene rings is 1. The van der Waals surface area contributed by atoms with Crippen molar-refractivity contribution in [1.82, 2.24) is 5.32 Å². The third-order valence-corrected chi connectivity index (χ3v) is 3.76. The lowest BCUT2D eigenvalue weighted by Gasteiger charge is -2.22. The average molecular weight is 291 g/mol. The smallest absolute Gasteiger partial charge is 0.224 e. The first kappa shape index (κ1) is 14.6. The van der Waals surface area contributed by atoms with E-state index in [-0.39, 0.29) is 24.6 Å². The third-order valence-electron chi connectivity index (χ3n) is 3.07. The van der Waals surface area contributed by atoms with Crippen LogP contribution in [0.5, 0.6) is 5.75 Å². The number of aromatic hydroxyl groups is 1. The fourth-order valence-corrected chi connectivity index (χ4v) is 2.59. The fraction of sp³-hybridized carbons (Fsp3) is 0.267. The number of carbonyl (C=O) groups is 1. The minimum absolute atomic E-state index is 0.161. The Kier molecular flexibility index (Phi) is 4.42. The van der Waals surface area contributed by atoms with E-state index in [2.05, 4.69) is 5.32 Å². The standard InChI is InChI=1S/C15H17NO3S/c1-15(19,12-6-7-20-9-12)10-16-14(18)8-11-2-4-13(17)5-3-11/h2-7,9,17,19H,8,10H2,1H3,(H,16,18). The predicted molar refractivity (Wildman–Crippen MR) is 78.7 cm³/mol. The van der Waals surface area contributed by atoms with Crippen molar-refractivity contribution in [2.75, 3.05) is 6.54 Å². The summed E-state index contributed by atoms with van der Waals surface area (Å²) in [4.78, 5) is 11.8. The Labute approximate surface area is 121 Å². The Hall–Kier alpha value is -1.85. The molecular formula is C15H17NO3S. The molecule has 0 saturated carbocycles. The molecule has 0 fully saturated rings. The number of hydrogen-bond donors (Lipinski definition) is 3. The Morgan fingerprint density at radius 2 is 2.00 bits per heavy atom. The molecule has 0 bridgehead atoms. The molecule has 106 valence electrons. The lowest BCUT2D eigenvalue weighted by Crippen LogP contribution is -2.39. The van der Waals surface area contributed by atoms with Crippen molar-refractivity contribution in [2.45, 2.75) is 18.9 Å². The zero-order valence-corrected chi connectivity index (χ0v) is 12.0. The summed E-state index contributed by atoms with van der Waals surface area (Å²) >= 11 is 1.51. The fourth-order valence-electron chi connectivity index (χ4n) is 1.81. The predicted octanol–water partition coefficient (Wildman–Crippen LogP) is 2.02. The van der Waals surface area contributed by atoms with Crippen LogP contribution in [0.1, 0.15) is 18.1 Å². The zero-order valence-electron chi connectivity index (χ0n) is 11.2. The van der Waals surface area contributed by atoms with Gasteiger partial charge < -0.3 is 15.5 Å². The molecule has 1 amide bonds. The number of phenols is 1. The number of amides is 1. The maximum Gasteiger partial charge on any atom is 0.224 e. The highest BCUT2D eigenvalue weighted by Crippen LogP contribution is 2.22. The van der Waals surface area contributed by atoms with Crippen LogP contribution >= 0.6 is 11.3 Å². The van der Waals surface area contributed by atoms with Crippen molar-refractivity contribution >= 4 is 17.2 Å². The van der Waals surface area contributed by atoms with E-state index < -0.39 is 5.60 Å². The molecule has 0 aliphatic rings. The van der Waals surface area contributed by atoms with Gasteiger partial charge in [0.2, 0.25) is 5.91 Å². The third kappa shape index (κ3) is 3.82. The zero-order chi connectivity index (χ0) is 14.6. The maximum atomic E-state index is 11.8. The van der Waals surface area contributed by atoms with Crippen molar-refractivity contribution in [3.63, 3.8) is 0 Å². The van der Waals surface area contributed by atoms with Gasteiger partial charge in [-0.05, 0) is 47.0 Å². The van der Waals surface area contributed by atoms with E-state index in [1.165, 1.54) is 11.3 Å². The molecule has 5 heteroatoms. The van der Waals surface area contributed by atoms with Gasteiger partial charge in [-0.15, -0.1) is 0 Å². The van der Waals surface area contributed by atoms with Crippen LogP contribution in [-0.4, -0.2) is 22.7 Å². The molecule has 2 aromatic rings. The topological polar surface area (TPSA) is 69.6 Å². The molecule has 1 atom stereocenters. The molecule has 0 spiro atoms. The van der Waals surface area contributed by atoms with E-state index in [0.29, 0.717) is 0 Å². The van der Waals surface area contributed by atoms with Gasteiger partial charge in [0.25, 0.3) is 0 Å². The number of nitrogens with one attached hydrogen (secondary N) is 1. The summed E-state index contributed by atoms with van der Waals surface area (Å²) in [7, 11) is 0. The number of benzene rings is 1. The van der Waals surface area contributed by atoms with Crippen molar-refractivity contribution in [2.24, 2.45) is 0 Å². The second-order valence-electron chi connectivity index (χ2n) is 4.91. The second kappa shape index (κ2) is 6.07. The van der Waals surface area contributed by atoms with Gasteiger partial charge in [0.1, 0.15) is 11.4 Å². The molecule has 3 N–H and O–H groups in total. The Balaban J connectivity index is 1.88. The minimum Gasteiger partial charge on any atom is -0.508 e. The first-order valence-electron chi connectivity index (χ1n) is 6.27. The number of phenolic OH excluding ortho intramolecular Hbond substituents is 1. The van der Waals surface area contributed by atoms with Crippen molar-refractivity contribution < 1.29 is 15.0 Å². The number of hydrogen-bond acceptors (Lipinski definition) is 4. The van der Waals surface area contributed by atoms with Crippen LogP contribution in [-0.2, 0) is 16.8 Å². The first-order chi connectivity index (χ1) is 9.47. The van der Waals surface area contributed by atoms with Crippen molar-refractivity contribution in [3.8, 4) is 5.75 Å². The van der Waals surface area contributed by atoms with Crippen LogP contribution in [0.25, 0.3) is 0 Å². The Bertz CT molecular complexity index is 561. The summed E-state index contributed by atoms with van der Waals surface area (Å²) in [5.74, 6) is 0.0146. The largest absolute Gasteiger partial charge is 0.508 e. The van der Waals surface area contributed by atoms with Gasteiger partial charge in [-0.2, -0.15) is 11.3 Å². The lowest BCUT2D eigenvalue weighted by atomic mass is 9.99. The summed E-state index contributed by atoms with van der Waals surface area (Å²) in [5.41, 5.74) is 0.549. The van der Waals surface area contributed by atoms with Gasteiger partial charge in [-0.3, -0.25) is 4.79 Å². The molecule has 1 aromatic carbocycles. The van der Waals surface area contributed by atoms with Crippen LogP contribution in [0.3, 0.4) is 0 Å². The van der Waals surface area contributed by atoms with Crippen molar-refractivity contribution in [3.05, 3.63) is 52.2 Å². The van der Waals surface area contributed by atoms with E-state index in [1.54, 1.807) is 31.2 Å².